The van der Waals surface area contributed by atoms with Gasteiger partial charge in [0.15, 0.2) is 0 Å². The van der Waals surface area contributed by atoms with E-state index in [0.717, 1.165) is 5.56 Å². The topological polar surface area (TPSA) is 46.5 Å². The van der Waals surface area contributed by atoms with Crippen LogP contribution in [0.3, 0.4) is 0 Å². The second-order valence-corrected chi connectivity index (χ2v) is 3.95. The Hall–Kier alpha value is -1.51. The summed E-state index contributed by atoms with van der Waals surface area (Å²) < 4.78 is 5.08. The molecule has 3 heteroatoms. The van der Waals surface area contributed by atoms with Crippen LogP contribution in [0, 0.1) is 0 Å². The van der Waals surface area contributed by atoms with Crippen molar-refractivity contribution in [1.29, 1.82) is 0 Å². The summed E-state index contributed by atoms with van der Waals surface area (Å²) in [5.41, 5.74) is 0.232. The zero-order chi connectivity index (χ0) is 12.2. The van der Waals surface area contributed by atoms with Gasteiger partial charge in [0, 0.05) is 0 Å². The fourth-order valence-electron chi connectivity index (χ4n) is 1.59. The van der Waals surface area contributed by atoms with Crippen LogP contribution < -0.4 is 0 Å². The van der Waals surface area contributed by atoms with E-state index in [1.807, 2.05) is 13.8 Å². The van der Waals surface area contributed by atoms with Crippen molar-refractivity contribution in [3.8, 4) is 5.75 Å². The fourth-order valence-corrected chi connectivity index (χ4v) is 1.59. The van der Waals surface area contributed by atoms with Crippen LogP contribution in [0.1, 0.15) is 32.8 Å². The van der Waals surface area contributed by atoms with Gasteiger partial charge in [0.1, 0.15) is 5.75 Å². The van der Waals surface area contributed by atoms with Gasteiger partial charge in [0.2, 0.25) is 0 Å². The molecule has 0 aliphatic rings. The van der Waals surface area contributed by atoms with Crippen molar-refractivity contribution in [3.63, 3.8) is 0 Å². The van der Waals surface area contributed by atoms with Crippen molar-refractivity contribution in [2.24, 2.45) is 0 Å². The molecular formula is C13H18O3. The molecule has 88 valence electrons. The maximum absolute atomic E-state index is 11.9. The second kappa shape index (κ2) is 5.01. The van der Waals surface area contributed by atoms with E-state index in [-0.39, 0.29) is 11.7 Å². The van der Waals surface area contributed by atoms with Gasteiger partial charge in [-0.1, -0.05) is 19.1 Å². The summed E-state index contributed by atoms with van der Waals surface area (Å²) in [5.74, 6) is -0.0192. The lowest BCUT2D eigenvalue weighted by molar-refractivity contribution is -0.149. The van der Waals surface area contributed by atoms with Crippen molar-refractivity contribution in [3.05, 3.63) is 29.8 Å². The van der Waals surface area contributed by atoms with Crippen LogP contribution in [0.2, 0.25) is 0 Å². The maximum atomic E-state index is 11.9. The first kappa shape index (κ1) is 12.6. The third kappa shape index (κ3) is 2.35. The summed E-state index contributed by atoms with van der Waals surface area (Å²) in [5, 5.41) is 9.22. The number of carbonyl (C=O) groups excluding carboxylic acids is 1. The Morgan fingerprint density at radius 2 is 1.88 bits per heavy atom. The summed E-state index contributed by atoms with van der Waals surface area (Å²) in [6.07, 6.45) is 0.663. The average molecular weight is 222 g/mol. The molecule has 0 spiro atoms. The summed E-state index contributed by atoms with van der Waals surface area (Å²) in [6, 6.07) is 6.69. The number of phenols is 1. The molecule has 0 heterocycles. The van der Waals surface area contributed by atoms with Crippen molar-refractivity contribution in [2.45, 2.75) is 32.6 Å². The molecule has 3 nitrogen and oxygen atoms in total. The van der Waals surface area contributed by atoms with E-state index in [9.17, 15) is 9.90 Å². The molecule has 1 atom stereocenters. The second-order valence-electron chi connectivity index (χ2n) is 3.95. The molecule has 0 aliphatic carbocycles. The highest BCUT2D eigenvalue weighted by molar-refractivity contribution is 5.82. The number of ether oxygens (including phenoxy) is 1. The Bertz CT molecular complexity index is 356. The molecule has 16 heavy (non-hydrogen) atoms. The van der Waals surface area contributed by atoms with E-state index in [1.165, 1.54) is 0 Å². The molecule has 0 saturated heterocycles. The van der Waals surface area contributed by atoms with Crippen molar-refractivity contribution >= 4 is 5.97 Å². The quantitative estimate of drug-likeness (QED) is 0.796. The van der Waals surface area contributed by atoms with E-state index in [4.69, 9.17) is 4.74 Å². The van der Waals surface area contributed by atoms with E-state index in [2.05, 4.69) is 0 Å². The van der Waals surface area contributed by atoms with Gasteiger partial charge >= 0.3 is 5.97 Å². The minimum atomic E-state index is -0.635. The van der Waals surface area contributed by atoms with Gasteiger partial charge in [-0.2, -0.15) is 0 Å². The molecule has 1 aromatic rings. The van der Waals surface area contributed by atoms with Crippen LogP contribution in [0.25, 0.3) is 0 Å². The third-order valence-electron chi connectivity index (χ3n) is 2.94. The molecule has 0 saturated carbocycles. The molecule has 1 aromatic carbocycles. The molecule has 0 amide bonds. The third-order valence-corrected chi connectivity index (χ3v) is 2.94. The highest BCUT2D eigenvalue weighted by Crippen LogP contribution is 2.30. The van der Waals surface area contributed by atoms with E-state index < -0.39 is 5.41 Å². The molecule has 0 radical (unpaired) electrons. The van der Waals surface area contributed by atoms with Crippen molar-refractivity contribution in [2.75, 3.05) is 6.61 Å². The monoisotopic (exact) mass is 222 g/mol. The summed E-state index contributed by atoms with van der Waals surface area (Å²) in [4.78, 5) is 11.9. The summed E-state index contributed by atoms with van der Waals surface area (Å²) in [7, 11) is 0. The summed E-state index contributed by atoms with van der Waals surface area (Å²) in [6.45, 7) is 5.98. The van der Waals surface area contributed by atoms with Crippen LogP contribution in [-0.2, 0) is 14.9 Å². The number of hydrogen-bond donors (Lipinski definition) is 1. The highest BCUT2D eigenvalue weighted by Gasteiger charge is 2.34. The lowest BCUT2D eigenvalue weighted by Crippen LogP contribution is -2.33. The largest absolute Gasteiger partial charge is 0.508 e. The molecular weight excluding hydrogens is 204 g/mol. The van der Waals surface area contributed by atoms with Gasteiger partial charge in [-0.05, 0) is 38.0 Å². The molecule has 1 unspecified atom stereocenters. The van der Waals surface area contributed by atoms with Crippen LogP contribution in [0.15, 0.2) is 24.3 Å². The lowest BCUT2D eigenvalue weighted by atomic mass is 9.80. The number of aromatic hydroxyl groups is 1. The van der Waals surface area contributed by atoms with Gasteiger partial charge in [0.25, 0.3) is 0 Å². The maximum Gasteiger partial charge on any atom is 0.316 e. The number of benzene rings is 1. The van der Waals surface area contributed by atoms with E-state index >= 15 is 0 Å². The smallest absolute Gasteiger partial charge is 0.316 e. The molecule has 0 aromatic heterocycles. The van der Waals surface area contributed by atoms with Gasteiger partial charge in [0.05, 0.1) is 12.0 Å². The van der Waals surface area contributed by atoms with Crippen molar-refractivity contribution in [1.82, 2.24) is 0 Å². The van der Waals surface area contributed by atoms with Gasteiger partial charge in [-0.3, -0.25) is 4.79 Å². The van der Waals surface area contributed by atoms with Gasteiger partial charge in [-0.25, -0.2) is 0 Å². The summed E-state index contributed by atoms with van der Waals surface area (Å²) >= 11 is 0. The zero-order valence-corrected chi connectivity index (χ0v) is 9.99. The minimum Gasteiger partial charge on any atom is -0.508 e. The Labute approximate surface area is 96.1 Å². The Morgan fingerprint density at radius 3 is 2.31 bits per heavy atom. The first-order valence-electron chi connectivity index (χ1n) is 5.51. The lowest BCUT2D eigenvalue weighted by Gasteiger charge is -2.26. The molecule has 0 fully saturated rings. The molecule has 0 bridgehead atoms. The molecule has 1 N–H and O–H groups in total. The number of hydrogen-bond acceptors (Lipinski definition) is 3. The van der Waals surface area contributed by atoms with Crippen LogP contribution in [0.5, 0.6) is 5.75 Å². The fraction of sp³-hybridized carbons (Fsp3) is 0.462. The van der Waals surface area contributed by atoms with E-state index in [1.54, 1.807) is 31.2 Å². The van der Waals surface area contributed by atoms with E-state index in [0.29, 0.717) is 13.0 Å². The number of rotatable bonds is 4. The normalized spacial score (nSPS) is 14.2. The van der Waals surface area contributed by atoms with Crippen molar-refractivity contribution < 1.29 is 14.6 Å². The molecule has 1 rings (SSSR count). The predicted octanol–water partition coefficient (Wildman–Crippen LogP) is 2.62. The number of phenolic OH excluding ortho intramolecular Hbond substituents is 1. The Kier molecular flexibility index (Phi) is 3.93. The predicted molar refractivity (Wildman–Crippen MR) is 62.4 cm³/mol. The van der Waals surface area contributed by atoms with Gasteiger partial charge in [-0.15, -0.1) is 0 Å². The minimum absolute atomic E-state index is 0.200. The van der Waals surface area contributed by atoms with Crippen LogP contribution in [-0.4, -0.2) is 17.7 Å². The first-order chi connectivity index (χ1) is 7.54. The van der Waals surface area contributed by atoms with Crippen LogP contribution in [0.4, 0.5) is 0 Å². The molecule has 0 aliphatic heterocycles. The SMILES string of the molecule is CCOC(=O)C(C)(CC)c1ccc(O)cc1. The first-order valence-corrected chi connectivity index (χ1v) is 5.51. The van der Waals surface area contributed by atoms with Crippen LogP contribution >= 0.6 is 0 Å². The standard InChI is InChI=1S/C13H18O3/c1-4-13(3,12(15)16-5-2)10-6-8-11(14)9-7-10/h6-9,14H,4-5H2,1-3H3. The number of esters is 1. The zero-order valence-electron chi connectivity index (χ0n) is 9.99. The van der Waals surface area contributed by atoms with Gasteiger partial charge < -0.3 is 9.84 Å². The highest BCUT2D eigenvalue weighted by atomic mass is 16.5. The Balaban J connectivity index is 3.04. The average Bonchev–Trinajstić information content (AvgIpc) is 2.29. The Morgan fingerprint density at radius 1 is 1.31 bits per heavy atom. The number of carbonyl (C=O) groups is 1.